The van der Waals surface area contributed by atoms with Crippen LogP contribution in [0, 0.1) is 0 Å². The summed E-state index contributed by atoms with van der Waals surface area (Å²) in [5.74, 6) is 0. The molecule has 1 aromatic rings. The van der Waals surface area contributed by atoms with Crippen molar-refractivity contribution in [3.63, 3.8) is 0 Å². The van der Waals surface area contributed by atoms with Gasteiger partial charge in [-0.25, -0.2) is 0 Å². The van der Waals surface area contributed by atoms with Gasteiger partial charge in [0.2, 0.25) is 0 Å². The molecule has 13 heavy (non-hydrogen) atoms. The van der Waals surface area contributed by atoms with Crippen LogP contribution in [-0.4, -0.2) is 19.5 Å². The normalized spacial score (nSPS) is 10.0. The zero-order valence-corrected chi connectivity index (χ0v) is 8.53. The van der Waals surface area contributed by atoms with Crippen molar-refractivity contribution in [2.45, 2.75) is 11.3 Å². The van der Waals surface area contributed by atoms with Crippen LogP contribution < -0.4 is 5.32 Å². The highest BCUT2D eigenvalue weighted by Crippen LogP contribution is 2.17. The van der Waals surface area contributed by atoms with Gasteiger partial charge in [-0.2, -0.15) is 0 Å². The number of nitrogens with one attached hydrogen (secondary N) is 1. The molecule has 0 saturated heterocycles. The first kappa shape index (κ1) is 10.4. The number of anilines is 1. The number of rotatable bonds is 5. The fourth-order valence-electron chi connectivity index (χ4n) is 1.01. The zero-order chi connectivity index (χ0) is 9.52. The maximum Gasteiger partial charge on any atom is 0.0911 e. The maximum absolute atomic E-state index is 11.8. The Kier molecular flexibility index (Phi) is 4.68. The van der Waals surface area contributed by atoms with Crippen molar-refractivity contribution in [3.8, 4) is 0 Å². The van der Waals surface area contributed by atoms with Crippen molar-refractivity contribution in [3.05, 3.63) is 24.3 Å². The van der Waals surface area contributed by atoms with E-state index >= 15 is 0 Å². The van der Waals surface area contributed by atoms with Gasteiger partial charge in [0.15, 0.2) is 0 Å². The Bertz CT molecular complexity index is 235. The Morgan fingerprint density at radius 2 is 2.00 bits per heavy atom. The van der Waals surface area contributed by atoms with Crippen LogP contribution in [-0.2, 0) is 0 Å². The first-order chi connectivity index (χ1) is 6.36. The SMILES string of the molecule is CSc1ccc(NCCCF)cc1. The van der Waals surface area contributed by atoms with Crippen molar-refractivity contribution >= 4 is 17.4 Å². The van der Waals surface area contributed by atoms with E-state index in [1.807, 2.05) is 18.4 Å². The molecule has 1 N–H and O–H groups in total. The fraction of sp³-hybridized carbons (Fsp3) is 0.400. The second-order valence-electron chi connectivity index (χ2n) is 2.70. The van der Waals surface area contributed by atoms with Crippen molar-refractivity contribution in [1.29, 1.82) is 0 Å². The van der Waals surface area contributed by atoms with E-state index in [9.17, 15) is 4.39 Å². The Morgan fingerprint density at radius 1 is 1.31 bits per heavy atom. The second kappa shape index (κ2) is 5.86. The van der Waals surface area contributed by atoms with Gasteiger partial charge in [-0.3, -0.25) is 4.39 Å². The van der Waals surface area contributed by atoms with Crippen LogP contribution >= 0.6 is 11.8 Å². The molecule has 0 heterocycles. The number of thioether (sulfide) groups is 1. The van der Waals surface area contributed by atoms with Gasteiger partial charge >= 0.3 is 0 Å². The molecule has 0 spiro atoms. The average molecular weight is 199 g/mol. The van der Waals surface area contributed by atoms with Gasteiger partial charge in [-0.05, 0) is 36.9 Å². The van der Waals surface area contributed by atoms with E-state index in [1.165, 1.54) is 4.90 Å². The van der Waals surface area contributed by atoms with Gasteiger partial charge in [0, 0.05) is 17.1 Å². The molecule has 0 unspecified atom stereocenters. The topological polar surface area (TPSA) is 12.0 Å². The monoisotopic (exact) mass is 199 g/mol. The summed E-state index contributed by atoms with van der Waals surface area (Å²) >= 11 is 1.72. The summed E-state index contributed by atoms with van der Waals surface area (Å²) in [7, 11) is 0. The maximum atomic E-state index is 11.8. The van der Waals surface area contributed by atoms with Crippen LogP contribution in [0.3, 0.4) is 0 Å². The molecule has 0 aliphatic rings. The lowest BCUT2D eigenvalue weighted by atomic mass is 10.3. The quantitative estimate of drug-likeness (QED) is 0.577. The van der Waals surface area contributed by atoms with E-state index in [2.05, 4.69) is 17.4 Å². The lowest BCUT2D eigenvalue weighted by Gasteiger charge is -2.04. The first-order valence-corrected chi connectivity index (χ1v) is 5.53. The van der Waals surface area contributed by atoms with Crippen molar-refractivity contribution < 1.29 is 4.39 Å². The lowest BCUT2D eigenvalue weighted by Crippen LogP contribution is -2.01. The van der Waals surface area contributed by atoms with Gasteiger partial charge in [0.05, 0.1) is 6.67 Å². The molecular weight excluding hydrogens is 185 g/mol. The van der Waals surface area contributed by atoms with Crippen LogP contribution in [0.4, 0.5) is 10.1 Å². The average Bonchev–Trinajstić information content (AvgIpc) is 2.19. The van der Waals surface area contributed by atoms with Crippen molar-refractivity contribution in [2.75, 3.05) is 24.8 Å². The number of halogens is 1. The number of hydrogen-bond donors (Lipinski definition) is 1. The number of hydrogen-bond acceptors (Lipinski definition) is 2. The smallest absolute Gasteiger partial charge is 0.0911 e. The molecule has 1 aromatic carbocycles. The summed E-state index contributed by atoms with van der Waals surface area (Å²) in [5, 5.41) is 3.15. The third-order valence-electron chi connectivity index (χ3n) is 1.73. The van der Waals surface area contributed by atoms with E-state index in [1.54, 1.807) is 11.8 Å². The van der Waals surface area contributed by atoms with Gasteiger partial charge in [0.1, 0.15) is 0 Å². The lowest BCUT2D eigenvalue weighted by molar-refractivity contribution is 0.481. The van der Waals surface area contributed by atoms with E-state index in [0.29, 0.717) is 13.0 Å². The molecule has 0 atom stereocenters. The summed E-state index contributed by atoms with van der Waals surface area (Å²) in [6, 6.07) is 8.15. The van der Waals surface area contributed by atoms with E-state index in [0.717, 1.165) is 5.69 Å². The third-order valence-corrected chi connectivity index (χ3v) is 2.47. The summed E-state index contributed by atoms with van der Waals surface area (Å²) in [6.45, 7) is 0.449. The molecule has 3 heteroatoms. The van der Waals surface area contributed by atoms with Gasteiger partial charge in [-0.15, -0.1) is 11.8 Å². The largest absolute Gasteiger partial charge is 0.385 e. The first-order valence-electron chi connectivity index (χ1n) is 4.30. The molecule has 1 rings (SSSR count). The summed E-state index contributed by atoms with van der Waals surface area (Å²) < 4.78 is 11.8. The van der Waals surface area contributed by atoms with E-state index in [-0.39, 0.29) is 6.67 Å². The Balaban J connectivity index is 2.40. The molecule has 0 saturated carbocycles. The Labute approximate surface area is 82.7 Å². The molecule has 1 nitrogen and oxygen atoms in total. The molecule has 0 amide bonds. The van der Waals surface area contributed by atoms with Crippen LogP contribution in [0.25, 0.3) is 0 Å². The fourth-order valence-corrected chi connectivity index (χ4v) is 1.42. The minimum Gasteiger partial charge on any atom is -0.385 e. The van der Waals surface area contributed by atoms with Crippen LogP contribution in [0.2, 0.25) is 0 Å². The second-order valence-corrected chi connectivity index (χ2v) is 3.58. The highest BCUT2D eigenvalue weighted by molar-refractivity contribution is 7.98. The van der Waals surface area contributed by atoms with Crippen LogP contribution in [0.5, 0.6) is 0 Å². The summed E-state index contributed by atoms with van der Waals surface area (Å²) in [6.07, 6.45) is 2.62. The van der Waals surface area contributed by atoms with Gasteiger partial charge in [-0.1, -0.05) is 0 Å². The standard InChI is InChI=1S/C10H14FNS/c1-13-10-5-3-9(4-6-10)12-8-2-7-11/h3-6,12H,2,7-8H2,1H3. The molecule has 72 valence electrons. The van der Waals surface area contributed by atoms with Crippen molar-refractivity contribution in [2.24, 2.45) is 0 Å². The van der Waals surface area contributed by atoms with Gasteiger partial charge < -0.3 is 5.32 Å². The molecule has 0 radical (unpaired) electrons. The minimum absolute atomic E-state index is 0.254. The minimum atomic E-state index is -0.254. The highest BCUT2D eigenvalue weighted by Gasteiger charge is 1.92. The van der Waals surface area contributed by atoms with Crippen LogP contribution in [0.1, 0.15) is 6.42 Å². The molecule has 0 aliphatic heterocycles. The molecule has 0 fully saturated rings. The molecule has 0 aliphatic carbocycles. The predicted molar refractivity (Wildman–Crippen MR) is 57.3 cm³/mol. The van der Waals surface area contributed by atoms with Gasteiger partial charge in [0.25, 0.3) is 0 Å². The van der Waals surface area contributed by atoms with E-state index in [4.69, 9.17) is 0 Å². The van der Waals surface area contributed by atoms with Crippen LogP contribution in [0.15, 0.2) is 29.2 Å². The Hall–Kier alpha value is -0.700. The number of alkyl halides is 1. The Morgan fingerprint density at radius 3 is 2.54 bits per heavy atom. The summed E-state index contributed by atoms with van der Waals surface area (Å²) in [4.78, 5) is 1.25. The summed E-state index contributed by atoms with van der Waals surface area (Å²) in [5.41, 5.74) is 1.06. The van der Waals surface area contributed by atoms with E-state index < -0.39 is 0 Å². The predicted octanol–water partition coefficient (Wildman–Crippen LogP) is 3.18. The molecule has 0 aromatic heterocycles. The third kappa shape index (κ3) is 3.68. The zero-order valence-electron chi connectivity index (χ0n) is 7.72. The molecule has 0 bridgehead atoms. The number of benzene rings is 1. The van der Waals surface area contributed by atoms with Crippen molar-refractivity contribution in [1.82, 2.24) is 0 Å². The highest BCUT2D eigenvalue weighted by atomic mass is 32.2. The molecular formula is C10H14FNS.